The highest BCUT2D eigenvalue weighted by Gasteiger charge is 2.10. The first-order valence-corrected chi connectivity index (χ1v) is 11.1. The Morgan fingerprint density at radius 3 is 2.59 bits per heavy atom. The van der Waals surface area contributed by atoms with E-state index in [-0.39, 0.29) is 18.6 Å². The number of carbonyl (C=O) groups is 1. The molecule has 0 radical (unpaired) electrons. The number of nitrogens with zero attached hydrogens (tertiary/aromatic N) is 1. The van der Waals surface area contributed by atoms with E-state index in [1.807, 2.05) is 63.2 Å². The van der Waals surface area contributed by atoms with E-state index in [0.29, 0.717) is 19.6 Å². The fourth-order valence-corrected chi connectivity index (χ4v) is 3.35. The molecule has 2 aromatic carbocycles. The minimum atomic E-state index is -0.251. The predicted octanol–water partition coefficient (Wildman–Crippen LogP) is 4.43. The summed E-state index contributed by atoms with van der Waals surface area (Å²) in [5.74, 6) is 2.16. The number of esters is 1. The maximum Gasteiger partial charge on any atom is 0.320 e. The number of benzene rings is 2. The molecule has 0 aliphatic rings. The molecular weight excluding hydrogens is 404 g/mol. The molecule has 6 heteroatoms. The molecule has 0 spiro atoms. The third kappa shape index (κ3) is 7.85. The molecule has 1 heterocycles. The Morgan fingerprint density at radius 2 is 1.81 bits per heavy atom. The van der Waals surface area contributed by atoms with Crippen LogP contribution in [0.1, 0.15) is 42.3 Å². The van der Waals surface area contributed by atoms with E-state index in [1.54, 1.807) is 0 Å². The fourth-order valence-electron chi connectivity index (χ4n) is 3.35. The topological polar surface area (TPSA) is 73.6 Å². The average Bonchev–Trinajstić information content (AvgIpc) is 3.12. The lowest BCUT2D eigenvalue weighted by atomic mass is 10.1. The van der Waals surface area contributed by atoms with Crippen LogP contribution >= 0.6 is 0 Å². The SMILES string of the molecule is Cc1oc(CCc2ccccc2)nc1CCOc1cccc(CNCC(=O)OC(C)C)c1. The second-order valence-corrected chi connectivity index (χ2v) is 7.98. The molecule has 1 N–H and O–H groups in total. The Labute approximate surface area is 190 Å². The summed E-state index contributed by atoms with van der Waals surface area (Å²) >= 11 is 0. The standard InChI is InChI=1S/C26H32N2O4/c1-19(2)31-26(29)18-27-17-22-10-7-11-23(16-22)30-15-14-24-20(3)32-25(28-24)13-12-21-8-5-4-6-9-21/h4-11,16,19,27H,12-15,17-18H2,1-3H3. The molecule has 0 bridgehead atoms. The van der Waals surface area contributed by atoms with Crippen molar-refractivity contribution in [1.29, 1.82) is 0 Å². The number of ether oxygens (including phenoxy) is 2. The third-order valence-electron chi connectivity index (χ3n) is 4.88. The monoisotopic (exact) mass is 436 g/mol. The summed E-state index contributed by atoms with van der Waals surface area (Å²) in [7, 11) is 0. The van der Waals surface area contributed by atoms with Crippen LogP contribution in [0, 0.1) is 6.92 Å². The van der Waals surface area contributed by atoms with Crippen LogP contribution in [-0.2, 0) is 35.3 Å². The smallest absolute Gasteiger partial charge is 0.320 e. The minimum Gasteiger partial charge on any atom is -0.493 e. The highest BCUT2D eigenvalue weighted by Crippen LogP contribution is 2.16. The Morgan fingerprint density at radius 1 is 1.03 bits per heavy atom. The van der Waals surface area contributed by atoms with Crippen molar-refractivity contribution in [3.05, 3.63) is 83.1 Å². The molecule has 32 heavy (non-hydrogen) atoms. The van der Waals surface area contributed by atoms with Gasteiger partial charge in [0.15, 0.2) is 5.89 Å². The lowest BCUT2D eigenvalue weighted by Gasteiger charge is -2.10. The quantitative estimate of drug-likeness (QED) is 0.424. The molecule has 0 unspecified atom stereocenters. The molecule has 0 saturated heterocycles. The molecule has 1 aromatic heterocycles. The first-order valence-electron chi connectivity index (χ1n) is 11.1. The molecule has 0 atom stereocenters. The van der Waals surface area contributed by atoms with E-state index >= 15 is 0 Å². The van der Waals surface area contributed by atoms with Gasteiger partial charge in [-0.3, -0.25) is 4.79 Å². The largest absolute Gasteiger partial charge is 0.493 e. The minimum absolute atomic E-state index is 0.102. The maximum atomic E-state index is 11.6. The van der Waals surface area contributed by atoms with Crippen LogP contribution in [0.3, 0.4) is 0 Å². The zero-order valence-corrected chi connectivity index (χ0v) is 19.1. The fraction of sp³-hybridized carbons (Fsp3) is 0.385. The van der Waals surface area contributed by atoms with Crippen molar-refractivity contribution in [3.63, 3.8) is 0 Å². The van der Waals surface area contributed by atoms with Gasteiger partial charge in [0, 0.05) is 19.4 Å². The second-order valence-electron chi connectivity index (χ2n) is 7.98. The third-order valence-corrected chi connectivity index (χ3v) is 4.88. The van der Waals surface area contributed by atoms with Gasteiger partial charge in [-0.15, -0.1) is 0 Å². The van der Waals surface area contributed by atoms with E-state index in [4.69, 9.17) is 13.9 Å². The Kier molecular flexibility index (Phi) is 8.87. The van der Waals surface area contributed by atoms with E-state index < -0.39 is 0 Å². The normalized spacial score (nSPS) is 11.0. The van der Waals surface area contributed by atoms with Crippen LogP contribution in [0.5, 0.6) is 5.75 Å². The number of hydrogen-bond acceptors (Lipinski definition) is 6. The average molecular weight is 437 g/mol. The van der Waals surface area contributed by atoms with Gasteiger partial charge in [-0.1, -0.05) is 42.5 Å². The first kappa shape index (κ1) is 23.5. The maximum absolute atomic E-state index is 11.6. The van der Waals surface area contributed by atoms with Crippen LogP contribution in [0.4, 0.5) is 0 Å². The summed E-state index contributed by atoms with van der Waals surface area (Å²) in [5.41, 5.74) is 3.26. The van der Waals surface area contributed by atoms with E-state index in [9.17, 15) is 4.79 Å². The van der Waals surface area contributed by atoms with E-state index in [1.165, 1.54) is 5.56 Å². The van der Waals surface area contributed by atoms with E-state index in [2.05, 4.69) is 22.4 Å². The Hall–Kier alpha value is -3.12. The highest BCUT2D eigenvalue weighted by molar-refractivity contribution is 5.71. The summed E-state index contributed by atoms with van der Waals surface area (Å²) in [4.78, 5) is 16.3. The van der Waals surface area contributed by atoms with Crippen LogP contribution in [0.15, 0.2) is 59.0 Å². The van der Waals surface area contributed by atoms with Crippen LogP contribution in [-0.4, -0.2) is 30.2 Å². The van der Waals surface area contributed by atoms with Crippen molar-refractivity contribution in [2.24, 2.45) is 0 Å². The van der Waals surface area contributed by atoms with E-state index in [0.717, 1.165) is 41.5 Å². The first-order chi connectivity index (χ1) is 15.5. The molecule has 3 aromatic rings. The molecule has 0 aliphatic carbocycles. The molecule has 0 amide bonds. The molecular formula is C26H32N2O4. The summed E-state index contributed by atoms with van der Waals surface area (Å²) in [5, 5.41) is 3.10. The molecule has 170 valence electrons. The Bertz CT molecular complexity index is 983. The van der Waals surface area contributed by atoms with Crippen molar-refractivity contribution >= 4 is 5.97 Å². The second kappa shape index (κ2) is 12.1. The lowest BCUT2D eigenvalue weighted by Crippen LogP contribution is -2.26. The van der Waals surface area contributed by atoms with Crippen molar-refractivity contribution in [3.8, 4) is 5.75 Å². The van der Waals surface area contributed by atoms with Gasteiger partial charge in [0.25, 0.3) is 0 Å². The van der Waals surface area contributed by atoms with Gasteiger partial charge in [-0.2, -0.15) is 0 Å². The Balaban J connectivity index is 1.42. The number of hydrogen-bond donors (Lipinski definition) is 1. The summed E-state index contributed by atoms with van der Waals surface area (Å²) in [6.07, 6.45) is 2.27. The summed E-state index contributed by atoms with van der Waals surface area (Å²) in [6.45, 7) is 6.89. The van der Waals surface area contributed by atoms with Crippen LogP contribution in [0.25, 0.3) is 0 Å². The number of aryl methyl sites for hydroxylation is 3. The molecule has 0 saturated carbocycles. The van der Waals surface area contributed by atoms with Crippen LogP contribution in [0.2, 0.25) is 0 Å². The molecule has 0 aliphatic heterocycles. The van der Waals surface area contributed by atoms with Crippen molar-refractivity contribution < 1.29 is 18.7 Å². The predicted molar refractivity (Wildman–Crippen MR) is 124 cm³/mol. The number of rotatable bonds is 12. The summed E-state index contributed by atoms with van der Waals surface area (Å²) < 4.78 is 16.9. The highest BCUT2D eigenvalue weighted by atomic mass is 16.5. The van der Waals surface area contributed by atoms with Crippen molar-refractivity contribution in [1.82, 2.24) is 10.3 Å². The van der Waals surface area contributed by atoms with Crippen LogP contribution < -0.4 is 10.1 Å². The van der Waals surface area contributed by atoms with Crippen molar-refractivity contribution in [2.75, 3.05) is 13.2 Å². The van der Waals surface area contributed by atoms with Crippen molar-refractivity contribution in [2.45, 2.75) is 52.7 Å². The number of nitrogens with one attached hydrogen (secondary N) is 1. The lowest BCUT2D eigenvalue weighted by molar-refractivity contribution is -0.146. The number of oxazole rings is 1. The summed E-state index contributed by atoms with van der Waals surface area (Å²) in [6, 6.07) is 18.2. The number of aromatic nitrogens is 1. The van der Waals surface area contributed by atoms with Gasteiger partial charge in [-0.05, 0) is 50.5 Å². The molecule has 3 rings (SSSR count). The van der Waals surface area contributed by atoms with Gasteiger partial charge >= 0.3 is 5.97 Å². The number of carbonyl (C=O) groups excluding carboxylic acids is 1. The molecule has 6 nitrogen and oxygen atoms in total. The zero-order valence-electron chi connectivity index (χ0n) is 19.1. The molecule has 0 fully saturated rings. The van der Waals surface area contributed by atoms with Gasteiger partial charge in [0.1, 0.15) is 11.5 Å². The van der Waals surface area contributed by atoms with Gasteiger partial charge in [-0.25, -0.2) is 4.98 Å². The zero-order chi connectivity index (χ0) is 22.8. The van der Waals surface area contributed by atoms with Gasteiger partial charge < -0.3 is 19.2 Å². The van der Waals surface area contributed by atoms with Gasteiger partial charge in [0.05, 0.1) is 24.9 Å². The van der Waals surface area contributed by atoms with Gasteiger partial charge in [0.2, 0.25) is 0 Å².